The lowest BCUT2D eigenvalue weighted by molar-refractivity contribution is 0.574. The zero-order valence-electron chi connectivity index (χ0n) is 12.5. The quantitative estimate of drug-likeness (QED) is 0.581. The van der Waals surface area contributed by atoms with Gasteiger partial charge in [0.05, 0.1) is 10.4 Å². The lowest BCUT2D eigenvalue weighted by Crippen LogP contribution is -2.21. The van der Waals surface area contributed by atoms with Crippen LogP contribution >= 0.6 is 58.3 Å². The second-order valence-corrected chi connectivity index (χ2v) is 9.97. The van der Waals surface area contributed by atoms with E-state index in [0.717, 1.165) is 31.4 Å². The number of halogens is 3. The van der Waals surface area contributed by atoms with Gasteiger partial charge in [0.15, 0.2) is 0 Å². The van der Waals surface area contributed by atoms with Gasteiger partial charge in [-0.1, -0.05) is 34.8 Å². The Morgan fingerprint density at radius 1 is 1.09 bits per heavy atom. The zero-order valence-corrected chi connectivity index (χ0v) is 16.4. The monoisotopic (exact) mass is 406 g/mol. The van der Waals surface area contributed by atoms with Crippen molar-refractivity contribution in [3.8, 4) is 0 Å². The Balaban J connectivity index is 1.68. The first kappa shape index (κ1) is 17.8. The minimum Gasteiger partial charge on any atom is -0.337 e. The molecule has 0 unspecified atom stereocenters. The first-order valence-corrected chi connectivity index (χ1v) is 10.6. The molecule has 124 valence electrons. The summed E-state index contributed by atoms with van der Waals surface area (Å²) >= 11 is 22.8. The summed E-state index contributed by atoms with van der Waals surface area (Å²) in [6, 6.07) is 3.55. The lowest BCUT2D eigenvalue weighted by Gasteiger charge is -2.28. The van der Waals surface area contributed by atoms with E-state index in [4.69, 9.17) is 34.8 Å². The molecular weight excluding hydrogens is 391 g/mol. The summed E-state index contributed by atoms with van der Waals surface area (Å²) in [7, 11) is 0. The molecule has 2 nitrogen and oxygen atoms in total. The molecule has 3 rings (SSSR count). The van der Waals surface area contributed by atoms with E-state index in [2.05, 4.69) is 33.1 Å². The van der Waals surface area contributed by atoms with E-state index in [1.54, 1.807) is 12.1 Å². The third-order valence-electron chi connectivity index (χ3n) is 3.99. The predicted molar refractivity (Wildman–Crippen MR) is 104 cm³/mol. The number of aryl methyl sites for hydroxylation is 1. The van der Waals surface area contributed by atoms with E-state index in [9.17, 15) is 0 Å². The molecule has 0 radical (unpaired) electrons. The average molecular weight is 408 g/mol. The lowest BCUT2D eigenvalue weighted by atomic mass is 10.1. The molecule has 0 N–H and O–H groups in total. The van der Waals surface area contributed by atoms with Crippen LogP contribution in [0.3, 0.4) is 0 Å². The minimum atomic E-state index is 0.233. The SMILES string of the molecule is Clc1cc(Cl)c(CCC2(CCn3ccnc3)SCCS2)c(Cl)c1. The van der Waals surface area contributed by atoms with E-state index in [-0.39, 0.29) is 4.08 Å². The Hall–Kier alpha value is -0.000000000000000167. The number of imidazole rings is 1. The number of aromatic nitrogens is 2. The third kappa shape index (κ3) is 4.55. The van der Waals surface area contributed by atoms with Crippen LogP contribution in [0.4, 0.5) is 0 Å². The van der Waals surface area contributed by atoms with Crippen molar-refractivity contribution in [2.75, 3.05) is 11.5 Å². The molecule has 0 atom stereocenters. The van der Waals surface area contributed by atoms with Crippen LogP contribution in [-0.4, -0.2) is 25.1 Å². The standard InChI is InChI=1S/C16H17Cl3N2S2/c17-12-9-14(18)13(15(19)10-12)1-2-16(22-7-8-23-16)3-5-21-6-4-20-11-21/h4,6,9-11H,1-3,5,7-8H2. The van der Waals surface area contributed by atoms with E-state index in [0.29, 0.717) is 15.1 Å². The maximum Gasteiger partial charge on any atom is 0.0945 e. The van der Waals surface area contributed by atoms with Gasteiger partial charge < -0.3 is 4.57 Å². The number of thioether (sulfide) groups is 2. The normalized spacial score (nSPS) is 16.8. The van der Waals surface area contributed by atoms with Crippen molar-refractivity contribution in [3.05, 3.63) is 51.5 Å². The van der Waals surface area contributed by atoms with E-state index in [1.807, 2.05) is 18.7 Å². The summed E-state index contributed by atoms with van der Waals surface area (Å²) in [5.74, 6) is 2.41. The summed E-state index contributed by atoms with van der Waals surface area (Å²) in [5.41, 5.74) is 1.01. The number of hydrogen-bond donors (Lipinski definition) is 0. The van der Waals surface area contributed by atoms with Crippen molar-refractivity contribution in [1.82, 2.24) is 9.55 Å². The van der Waals surface area contributed by atoms with Crippen LogP contribution in [0.5, 0.6) is 0 Å². The summed E-state index contributed by atoms with van der Waals surface area (Å²) in [4.78, 5) is 4.12. The fourth-order valence-electron chi connectivity index (χ4n) is 2.76. The summed E-state index contributed by atoms with van der Waals surface area (Å²) in [6.07, 6.45) is 8.77. The molecule has 2 heterocycles. The largest absolute Gasteiger partial charge is 0.337 e. The second kappa shape index (κ2) is 7.92. The fourth-order valence-corrected chi connectivity index (χ4v) is 6.97. The third-order valence-corrected chi connectivity index (χ3v) is 8.53. The van der Waals surface area contributed by atoms with Crippen LogP contribution in [0.1, 0.15) is 18.4 Å². The van der Waals surface area contributed by atoms with Crippen LogP contribution < -0.4 is 0 Å². The van der Waals surface area contributed by atoms with Gasteiger partial charge in [0.1, 0.15) is 0 Å². The highest BCUT2D eigenvalue weighted by molar-refractivity contribution is 8.21. The van der Waals surface area contributed by atoms with Crippen LogP contribution in [-0.2, 0) is 13.0 Å². The van der Waals surface area contributed by atoms with E-state index < -0.39 is 0 Å². The van der Waals surface area contributed by atoms with Gasteiger partial charge >= 0.3 is 0 Å². The predicted octanol–water partition coefficient (Wildman–Crippen LogP) is 6.04. The molecule has 0 aliphatic carbocycles. The van der Waals surface area contributed by atoms with Crippen molar-refractivity contribution in [2.24, 2.45) is 0 Å². The molecular formula is C16H17Cl3N2S2. The molecule has 1 saturated heterocycles. The van der Waals surface area contributed by atoms with Gasteiger partial charge in [0, 0.05) is 45.5 Å². The maximum atomic E-state index is 6.33. The van der Waals surface area contributed by atoms with Gasteiger partial charge in [-0.15, -0.1) is 23.5 Å². The number of hydrogen-bond acceptors (Lipinski definition) is 3. The minimum absolute atomic E-state index is 0.233. The van der Waals surface area contributed by atoms with Crippen molar-refractivity contribution in [3.63, 3.8) is 0 Å². The van der Waals surface area contributed by atoms with Gasteiger partial charge in [-0.25, -0.2) is 4.98 Å². The molecule has 7 heteroatoms. The number of benzene rings is 1. The maximum absolute atomic E-state index is 6.33. The Bertz CT molecular complexity index is 632. The van der Waals surface area contributed by atoms with Crippen molar-refractivity contribution in [2.45, 2.75) is 29.9 Å². The molecule has 2 aromatic rings. The van der Waals surface area contributed by atoms with Crippen molar-refractivity contribution >= 4 is 58.3 Å². The molecule has 0 spiro atoms. The molecule has 1 aliphatic heterocycles. The first-order valence-electron chi connectivity index (χ1n) is 7.45. The smallest absolute Gasteiger partial charge is 0.0945 e. The molecule has 1 aromatic heterocycles. The molecule has 23 heavy (non-hydrogen) atoms. The Morgan fingerprint density at radius 2 is 1.78 bits per heavy atom. The average Bonchev–Trinajstić information content (AvgIpc) is 3.16. The highest BCUT2D eigenvalue weighted by Crippen LogP contribution is 2.50. The highest BCUT2D eigenvalue weighted by Gasteiger charge is 2.35. The Kier molecular flexibility index (Phi) is 6.13. The van der Waals surface area contributed by atoms with Crippen molar-refractivity contribution in [1.29, 1.82) is 0 Å². The zero-order chi connectivity index (χ0) is 16.3. The Labute approximate surface area is 160 Å². The molecule has 1 aliphatic rings. The molecule has 0 bridgehead atoms. The van der Waals surface area contributed by atoms with Gasteiger partial charge in [-0.05, 0) is 37.0 Å². The van der Waals surface area contributed by atoms with Gasteiger partial charge in [0.2, 0.25) is 0 Å². The summed E-state index contributed by atoms with van der Waals surface area (Å²) in [5, 5.41) is 1.92. The number of rotatable bonds is 6. The first-order chi connectivity index (χ1) is 11.1. The Morgan fingerprint density at radius 3 is 2.39 bits per heavy atom. The fraction of sp³-hybridized carbons (Fsp3) is 0.438. The molecule has 1 fully saturated rings. The van der Waals surface area contributed by atoms with Crippen molar-refractivity contribution < 1.29 is 0 Å². The topological polar surface area (TPSA) is 17.8 Å². The summed E-state index contributed by atoms with van der Waals surface area (Å²) in [6.45, 7) is 0.988. The van der Waals surface area contributed by atoms with Crippen LogP contribution in [0, 0.1) is 0 Å². The summed E-state index contributed by atoms with van der Waals surface area (Å²) < 4.78 is 2.38. The van der Waals surface area contributed by atoms with E-state index >= 15 is 0 Å². The molecule has 1 aromatic carbocycles. The van der Waals surface area contributed by atoms with Crippen LogP contribution in [0.25, 0.3) is 0 Å². The van der Waals surface area contributed by atoms with Crippen LogP contribution in [0.15, 0.2) is 30.9 Å². The highest BCUT2D eigenvalue weighted by atomic mass is 35.5. The van der Waals surface area contributed by atoms with Gasteiger partial charge in [-0.2, -0.15) is 0 Å². The van der Waals surface area contributed by atoms with Gasteiger partial charge in [-0.3, -0.25) is 0 Å². The van der Waals surface area contributed by atoms with E-state index in [1.165, 1.54) is 11.5 Å². The molecule has 0 amide bonds. The molecule has 0 saturated carbocycles. The second-order valence-electron chi connectivity index (χ2n) is 5.51. The van der Waals surface area contributed by atoms with Crippen LogP contribution in [0.2, 0.25) is 15.1 Å². The number of nitrogens with zero attached hydrogens (tertiary/aromatic N) is 2. The van der Waals surface area contributed by atoms with Gasteiger partial charge in [0.25, 0.3) is 0 Å².